The van der Waals surface area contributed by atoms with Crippen LogP contribution >= 0.6 is 10.9 Å². The lowest BCUT2D eigenvalue weighted by Gasteiger charge is -2.28. The maximum Gasteiger partial charge on any atom is 0.386 e. The summed E-state index contributed by atoms with van der Waals surface area (Å²) in [5.74, 6) is 4.09. The molecule has 4 N–H and O–H groups in total. The Bertz CT molecular complexity index is 2890. The van der Waals surface area contributed by atoms with Gasteiger partial charge >= 0.3 is 16.5 Å². The number of rotatable bonds is 16. The van der Waals surface area contributed by atoms with E-state index in [1.807, 2.05) is 12.2 Å². The van der Waals surface area contributed by atoms with Crippen LogP contribution in [0.5, 0.6) is 0 Å². The Kier molecular flexibility index (Phi) is 16.6. The van der Waals surface area contributed by atoms with E-state index < -0.39 is 37.4 Å². The molecule has 358 valence electrons. The maximum absolute atomic E-state index is 12.5. The van der Waals surface area contributed by atoms with Gasteiger partial charge in [-0.2, -0.15) is 17.5 Å². The maximum atomic E-state index is 12.5. The van der Waals surface area contributed by atoms with E-state index in [1.54, 1.807) is 47.4 Å². The first-order valence-corrected chi connectivity index (χ1v) is 26.5. The second-order valence-corrected chi connectivity index (χ2v) is 22.2. The van der Waals surface area contributed by atoms with E-state index in [0.29, 0.717) is 31.6 Å². The second kappa shape index (κ2) is 21.8. The highest BCUT2D eigenvalue weighted by Gasteiger charge is 2.43. The molecule has 6 rings (SSSR count). The van der Waals surface area contributed by atoms with E-state index in [2.05, 4.69) is 78.6 Å². The van der Waals surface area contributed by atoms with E-state index in [1.165, 1.54) is 12.1 Å². The number of aliphatic carboxylic acids is 1. The van der Waals surface area contributed by atoms with Gasteiger partial charge in [0, 0.05) is 94.2 Å². The molecule has 1 fully saturated rings. The van der Waals surface area contributed by atoms with Crippen LogP contribution in [-0.4, -0.2) is 67.6 Å². The molecule has 15 heteroatoms. The summed E-state index contributed by atoms with van der Waals surface area (Å²) in [7, 11) is -7.05. The summed E-state index contributed by atoms with van der Waals surface area (Å²) < 4.78 is 67.2. The van der Waals surface area contributed by atoms with Gasteiger partial charge in [0.1, 0.15) is 0 Å². The van der Waals surface area contributed by atoms with Crippen molar-refractivity contribution in [1.82, 2.24) is 0 Å². The van der Waals surface area contributed by atoms with Gasteiger partial charge in [-0.3, -0.25) is 14.1 Å². The number of hydrogen-bond donors (Lipinski definition) is 4. The van der Waals surface area contributed by atoms with Crippen molar-refractivity contribution < 1.29 is 41.0 Å². The van der Waals surface area contributed by atoms with Crippen molar-refractivity contribution in [1.29, 1.82) is 0 Å². The monoisotopic (exact) mass is 978 g/mol. The summed E-state index contributed by atoms with van der Waals surface area (Å²) in [6.45, 7) is 9.54. The van der Waals surface area contributed by atoms with E-state index in [4.69, 9.17) is 18.0 Å². The number of unbranched alkanes of at least 4 members (excludes halogenated alkanes) is 4. The zero-order chi connectivity index (χ0) is 49.4. The lowest BCUT2D eigenvalue weighted by Crippen LogP contribution is -2.27. The number of carboxylic acid groups (broad SMARTS) is 1. The fourth-order valence-corrected chi connectivity index (χ4v) is 11.3. The van der Waals surface area contributed by atoms with Gasteiger partial charge in [0.2, 0.25) is 10.8 Å². The summed E-state index contributed by atoms with van der Waals surface area (Å²) in [6, 6.07) is 9.65. The number of carbonyl (C=O) groups is 2. The normalized spacial score (nSPS) is 19.7. The van der Waals surface area contributed by atoms with E-state index in [0.717, 1.165) is 99.7 Å². The number of fused-ring (bicyclic) bond motifs is 2. The molecule has 0 aromatic heterocycles. The largest absolute Gasteiger partial charge is 0.481 e. The van der Waals surface area contributed by atoms with Crippen LogP contribution in [0.25, 0.3) is 0 Å². The third-order valence-corrected chi connectivity index (χ3v) is 15.6. The molecule has 12 nitrogen and oxygen atoms in total. The van der Waals surface area contributed by atoms with Gasteiger partial charge in [-0.05, 0) is 139 Å². The topological polar surface area (TPSA) is 185 Å². The first kappa shape index (κ1) is 51.7. The number of terminal acetylenes is 2. The highest BCUT2D eigenvalue weighted by atomic mass is 32.3. The predicted molar refractivity (Wildman–Crippen MR) is 276 cm³/mol. The SMILES string of the molecule is C#CCCCCN1/C(=C/C=C2\CCC/C(=C/C=C3/N(CCCCC#C)c4ccc([S+](=O)(O)O)cc4C3(C)C)C2=S=C2C=CC(=NC(=O)CCCC(=O)O)C=C2)C(C)(C)c2cc(S(=O)(=O)O)ccc21. The van der Waals surface area contributed by atoms with Crippen molar-refractivity contribution >= 4 is 70.2 Å². The molecule has 1 saturated carbocycles. The number of carbonyl (C=O) groups excluding carboxylic acids is 1. The Morgan fingerprint density at radius 3 is 1.81 bits per heavy atom. The Morgan fingerprint density at radius 2 is 1.31 bits per heavy atom. The van der Waals surface area contributed by atoms with Crippen LogP contribution in [0.4, 0.5) is 11.4 Å². The molecule has 0 radical (unpaired) electrons. The minimum absolute atomic E-state index is 0.0364. The molecule has 2 aliphatic carbocycles. The minimum atomic E-state index is -4.45. The summed E-state index contributed by atoms with van der Waals surface area (Å²) in [5, 5.41) is 8.98. The summed E-state index contributed by atoms with van der Waals surface area (Å²) in [5.41, 5.74) is 6.70. The average molecular weight is 979 g/mol. The third kappa shape index (κ3) is 12.1. The zero-order valence-electron chi connectivity index (χ0n) is 39.0. The van der Waals surface area contributed by atoms with Gasteiger partial charge in [-0.1, -0.05) is 39.8 Å². The van der Waals surface area contributed by atoms with Crippen molar-refractivity contribution in [3.8, 4) is 24.7 Å². The van der Waals surface area contributed by atoms with Gasteiger partial charge < -0.3 is 14.9 Å². The van der Waals surface area contributed by atoms with E-state index >= 15 is 0 Å². The smallest absolute Gasteiger partial charge is 0.386 e. The van der Waals surface area contributed by atoms with Crippen LogP contribution in [0.15, 0.2) is 122 Å². The van der Waals surface area contributed by atoms with Crippen molar-refractivity contribution in [2.75, 3.05) is 22.9 Å². The fourth-order valence-electron chi connectivity index (χ4n) is 9.12. The van der Waals surface area contributed by atoms with E-state index in [9.17, 15) is 35.9 Å². The number of allylic oxidation sites excluding steroid dienone is 12. The van der Waals surface area contributed by atoms with Gasteiger partial charge in [-0.15, -0.1) is 35.6 Å². The highest BCUT2D eigenvalue weighted by molar-refractivity contribution is 7.99. The number of nitrogens with zero attached hydrogens (tertiary/aromatic N) is 3. The highest BCUT2D eigenvalue weighted by Crippen LogP contribution is 2.50. The molecule has 2 aromatic carbocycles. The molecule has 2 heterocycles. The predicted octanol–water partition coefficient (Wildman–Crippen LogP) is 10.5. The van der Waals surface area contributed by atoms with Gasteiger partial charge in [-0.25, -0.2) is 4.99 Å². The number of carboxylic acids is 1. The Hall–Kier alpha value is -5.65. The molecule has 4 aliphatic rings. The van der Waals surface area contributed by atoms with Gasteiger partial charge in [0.05, 0.1) is 10.6 Å². The molecule has 2 aliphatic heterocycles. The van der Waals surface area contributed by atoms with Crippen LogP contribution in [0, 0.1) is 24.7 Å². The van der Waals surface area contributed by atoms with Crippen molar-refractivity contribution in [3.63, 3.8) is 0 Å². The summed E-state index contributed by atoms with van der Waals surface area (Å²) in [6.07, 6.45) is 34.2. The molecule has 0 spiro atoms. The quantitative estimate of drug-likeness (QED) is 0.0313. The van der Waals surface area contributed by atoms with Crippen LogP contribution in [0.3, 0.4) is 0 Å². The van der Waals surface area contributed by atoms with Gasteiger partial charge in [0.25, 0.3) is 10.1 Å². The van der Waals surface area contributed by atoms with Crippen LogP contribution in [0.1, 0.15) is 116 Å². The fraction of sp³-hybridized carbons (Fsp3) is 0.377. The van der Waals surface area contributed by atoms with Gasteiger partial charge in [0.15, 0.2) is 0 Å². The molecule has 0 saturated heterocycles. The molecule has 0 bridgehead atoms. The van der Waals surface area contributed by atoms with Crippen molar-refractivity contribution in [3.05, 3.63) is 119 Å². The lowest BCUT2D eigenvalue weighted by molar-refractivity contribution is -0.137. The zero-order valence-corrected chi connectivity index (χ0v) is 41.5. The van der Waals surface area contributed by atoms with Crippen LogP contribution in [-0.2, 0) is 45.2 Å². The molecule has 68 heavy (non-hydrogen) atoms. The van der Waals surface area contributed by atoms with E-state index in [-0.39, 0.29) is 35.0 Å². The van der Waals surface area contributed by atoms with Crippen LogP contribution in [0.2, 0.25) is 0 Å². The summed E-state index contributed by atoms with van der Waals surface area (Å²) in [4.78, 5) is 33.9. The second-order valence-electron chi connectivity index (χ2n) is 18.2. The third-order valence-electron chi connectivity index (χ3n) is 12.7. The van der Waals surface area contributed by atoms with Crippen LogP contribution < -0.4 is 9.80 Å². The Labute approximate surface area is 405 Å². The number of aliphatic imine (C=N–C) groups is 1. The van der Waals surface area contributed by atoms with Crippen molar-refractivity contribution in [2.45, 2.75) is 125 Å². The lowest BCUT2D eigenvalue weighted by atomic mass is 9.82. The number of amides is 1. The Morgan fingerprint density at radius 1 is 0.779 bits per heavy atom. The Balaban J connectivity index is 1.48. The molecule has 1 amide bonds. The first-order chi connectivity index (χ1) is 32.2. The molecule has 0 unspecified atom stereocenters. The number of hydrogen-bond acceptors (Lipinski definition) is 7. The molecule has 0 atom stereocenters. The average Bonchev–Trinajstić information content (AvgIpc) is 3.62. The number of benzene rings is 2. The molecular formula is C53H60N3O9S3+. The standard InChI is InChI=1S/C53H59N3O9S3/c1-7-9-11-13-33-55-45-29-27-41(67(60,61)62)35-43(45)52(3,4)47(55)31-21-37-17-15-18-38(51(37)66-40-25-23-39(24-26-40)54-49(57)19-16-20-50(58)59)22-32-48-53(5,6)44-36-42(68(63,64)65)28-30-46(44)56(48)34-14-12-10-8-2/h1-2,21-32,35-36H,9-20,33-34H2,3-6H3,(H3-,58,59,60,61,62,63,64,65)/p+1/b37-21-,38-22+,47-31+,48-32+. The van der Waals surface area contributed by atoms with Crippen molar-refractivity contribution in [2.24, 2.45) is 4.99 Å². The summed E-state index contributed by atoms with van der Waals surface area (Å²) >= 11 is 0. The molecule has 2 aromatic rings. The minimum Gasteiger partial charge on any atom is -0.481 e. The molecular weight excluding hydrogens is 919 g/mol. The number of anilines is 2. The first-order valence-electron chi connectivity index (χ1n) is 22.8.